The minimum atomic E-state index is -4.14. The molecule has 44 heavy (non-hydrogen) atoms. The van der Waals surface area contributed by atoms with E-state index in [0.29, 0.717) is 12.2 Å². The Balaban J connectivity index is 1.81. The molecule has 4 aromatic rings. The van der Waals surface area contributed by atoms with Gasteiger partial charge in [0.25, 0.3) is 10.0 Å². The summed E-state index contributed by atoms with van der Waals surface area (Å²) < 4.78 is 30.3. The van der Waals surface area contributed by atoms with E-state index in [1.54, 1.807) is 24.3 Å². The van der Waals surface area contributed by atoms with E-state index in [0.717, 1.165) is 37.5 Å². The van der Waals surface area contributed by atoms with Crippen LogP contribution < -0.4 is 9.62 Å². The fraction of sp³-hybridized carbons (Fsp3) is 0.257. The summed E-state index contributed by atoms with van der Waals surface area (Å²) in [6.45, 7) is 5.81. The Labute approximate surface area is 269 Å². The van der Waals surface area contributed by atoms with Crippen LogP contribution in [-0.4, -0.2) is 44.3 Å². The third-order valence-electron chi connectivity index (χ3n) is 7.29. The van der Waals surface area contributed by atoms with Crippen LogP contribution in [0.1, 0.15) is 35.6 Å². The zero-order valence-corrected chi connectivity index (χ0v) is 27.6. The lowest BCUT2D eigenvalue weighted by atomic mass is 10.0. The van der Waals surface area contributed by atoms with Crippen LogP contribution in [0.4, 0.5) is 5.69 Å². The van der Waals surface area contributed by atoms with Crippen molar-refractivity contribution in [1.29, 1.82) is 0 Å². The summed E-state index contributed by atoms with van der Waals surface area (Å²) in [6.07, 6.45) is 1.00. The first kappa shape index (κ1) is 33.0. The summed E-state index contributed by atoms with van der Waals surface area (Å²) in [5.74, 6) is -0.778. The summed E-state index contributed by atoms with van der Waals surface area (Å²) in [4.78, 5) is 29.8. The Morgan fingerprint density at radius 3 is 2.14 bits per heavy atom. The zero-order valence-electron chi connectivity index (χ0n) is 25.2. The highest BCUT2D eigenvalue weighted by Gasteiger charge is 2.35. The molecule has 0 aromatic heterocycles. The van der Waals surface area contributed by atoms with Crippen LogP contribution in [0.3, 0.4) is 0 Å². The maximum atomic E-state index is 14.5. The van der Waals surface area contributed by atoms with Gasteiger partial charge in [-0.3, -0.25) is 13.9 Å². The summed E-state index contributed by atoms with van der Waals surface area (Å²) >= 11 is 3.51. The molecular formula is C35H38BrN3O4S. The first-order chi connectivity index (χ1) is 21.1. The predicted octanol–water partition coefficient (Wildman–Crippen LogP) is 6.43. The summed E-state index contributed by atoms with van der Waals surface area (Å²) in [6, 6.07) is 29.7. The van der Waals surface area contributed by atoms with Crippen molar-refractivity contribution in [2.24, 2.45) is 0 Å². The molecule has 4 aromatic carbocycles. The minimum absolute atomic E-state index is 0.0767. The van der Waals surface area contributed by atoms with E-state index in [1.807, 2.05) is 87.5 Å². The number of benzene rings is 4. The number of sulfonamides is 1. The van der Waals surface area contributed by atoms with E-state index in [4.69, 9.17) is 0 Å². The smallest absolute Gasteiger partial charge is 0.264 e. The Bertz CT molecular complexity index is 1680. The fourth-order valence-corrected chi connectivity index (χ4v) is 7.02. The normalized spacial score (nSPS) is 11.9. The third kappa shape index (κ3) is 8.36. The lowest BCUT2D eigenvalue weighted by molar-refractivity contribution is -0.140. The molecule has 4 rings (SSSR count). The standard InChI is InChI=1S/C35H38BrN3O4S/c1-4-20-37-35(41)33(23-28-12-7-5-8-13-28)38(24-29-14-11-15-30(36)22-29)34(40)25-39(32-19-18-26(2)21-27(32)3)44(42,43)31-16-9-6-10-17-31/h5-19,21-22,33H,4,20,23-25H2,1-3H3,(H,37,41)/t33-/m0/s1. The number of carbonyl (C=O) groups is 2. The van der Waals surface area contributed by atoms with E-state index in [1.165, 1.54) is 17.0 Å². The Kier molecular flexibility index (Phi) is 11.4. The lowest BCUT2D eigenvalue weighted by Gasteiger charge is -2.34. The molecule has 0 fully saturated rings. The Morgan fingerprint density at radius 2 is 1.50 bits per heavy atom. The third-order valence-corrected chi connectivity index (χ3v) is 9.56. The van der Waals surface area contributed by atoms with E-state index >= 15 is 0 Å². The number of amides is 2. The molecule has 0 bridgehead atoms. The first-order valence-electron chi connectivity index (χ1n) is 14.6. The highest BCUT2D eigenvalue weighted by Crippen LogP contribution is 2.28. The van der Waals surface area contributed by atoms with Crippen molar-refractivity contribution in [2.45, 2.75) is 51.1 Å². The highest BCUT2D eigenvalue weighted by molar-refractivity contribution is 9.10. The van der Waals surface area contributed by atoms with Gasteiger partial charge < -0.3 is 10.2 Å². The van der Waals surface area contributed by atoms with Gasteiger partial charge in [0.15, 0.2) is 0 Å². The molecule has 0 saturated heterocycles. The molecule has 0 saturated carbocycles. The second kappa shape index (κ2) is 15.2. The molecule has 0 aliphatic heterocycles. The molecule has 230 valence electrons. The first-order valence-corrected chi connectivity index (χ1v) is 16.8. The summed E-state index contributed by atoms with van der Waals surface area (Å²) in [5.41, 5.74) is 3.79. The molecule has 0 radical (unpaired) electrons. The van der Waals surface area contributed by atoms with Crippen LogP contribution >= 0.6 is 15.9 Å². The number of anilines is 1. The maximum Gasteiger partial charge on any atom is 0.264 e. The van der Waals surface area contributed by atoms with Gasteiger partial charge in [-0.25, -0.2) is 8.42 Å². The van der Waals surface area contributed by atoms with E-state index in [9.17, 15) is 18.0 Å². The molecule has 0 spiro atoms. The van der Waals surface area contributed by atoms with Gasteiger partial charge in [0.2, 0.25) is 11.8 Å². The number of nitrogens with zero attached hydrogens (tertiary/aromatic N) is 2. The summed E-state index contributed by atoms with van der Waals surface area (Å²) in [7, 11) is -4.14. The van der Waals surface area contributed by atoms with Gasteiger partial charge >= 0.3 is 0 Å². The van der Waals surface area contributed by atoms with Gasteiger partial charge in [0, 0.05) is 24.0 Å². The average Bonchev–Trinajstić information content (AvgIpc) is 3.01. The molecule has 9 heteroatoms. The van der Waals surface area contributed by atoms with E-state index in [-0.39, 0.29) is 23.8 Å². The van der Waals surface area contributed by atoms with Crippen molar-refractivity contribution < 1.29 is 18.0 Å². The van der Waals surface area contributed by atoms with E-state index < -0.39 is 28.5 Å². The van der Waals surface area contributed by atoms with Crippen LogP contribution in [0.2, 0.25) is 0 Å². The minimum Gasteiger partial charge on any atom is -0.354 e. The summed E-state index contributed by atoms with van der Waals surface area (Å²) in [5, 5.41) is 2.97. The molecule has 1 atom stereocenters. The SMILES string of the molecule is CCCNC(=O)[C@H](Cc1ccccc1)N(Cc1cccc(Br)c1)C(=O)CN(c1ccc(C)cc1C)S(=O)(=O)c1ccccc1. The van der Waals surface area contributed by atoms with Gasteiger partial charge in [0.05, 0.1) is 10.6 Å². The fourth-order valence-electron chi connectivity index (χ4n) is 5.07. The number of hydrogen-bond acceptors (Lipinski definition) is 4. The number of carbonyl (C=O) groups excluding carboxylic acids is 2. The molecule has 0 aliphatic rings. The average molecular weight is 677 g/mol. The van der Waals surface area contributed by atoms with Gasteiger partial charge in [-0.2, -0.15) is 0 Å². The van der Waals surface area contributed by atoms with Gasteiger partial charge in [-0.15, -0.1) is 0 Å². The van der Waals surface area contributed by atoms with E-state index in [2.05, 4.69) is 21.2 Å². The molecule has 0 aliphatic carbocycles. The van der Waals surface area contributed by atoms with Gasteiger partial charge in [0.1, 0.15) is 12.6 Å². The predicted molar refractivity (Wildman–Crippen MR) is 179 cm³/mol. The molecular weight excluding hydrogens is 638 g/mol. The van der Waals surface area contributed by atoms with Crippen LogP contribution in [0.25, 0.3) is 0 Å². The quantitative estimate of drug-likeness (QED) is 0.177. The lowest BCUT2D eigenvalue weighted by Crippen LogP contribution is -2.53. The van der Waals surface area contributed by atoms with Gasteiger partial charge in [-0.05, 0) is 67.3 Å². The van der Waals surface area contributed by atoms with Crippen molar-refractivity contribution >= 4 is 43.5 Å². The van der Waals surface area contributed by atoms with Crippen molar-refractivity contribution in [1.82, 2.24) is 10.2 Å². The van der Waals surface area contributed by atoms with Gasteiger partial charge in [-0.1, -0.05) is 101 Å². The zero-order chi connectivity index (χ0) is 31.7. The second-order valence-electron chi connectivity index (χ2n) is 10.8. The molecule has 0 unspecified atom stereocenters. The van der Waals surface area contributed by atoms with Crippen molar-refractivity contribution in [3.63, 3.8) is 0 Å². The van der Waals surface area contributed by atoms with Crippen molar-refractivity contribution in [3.05, 3.63) is 130 Å². The highest BCUT2D eigenvalue weighted by atomic mass is 79.9. The number of halogens is 1. The maximum absolute atomic E-state index is 14.5. The topological polar surface area (TPSA) is 86.8 Å². The second-order valence-corrected chi connectivity index (χ2v) is 13.5. The number of aryl methyl sites for hydroxylation is 2. The number of rotatable bonds is 13. The van der Waals surface area contributed by atoms with Crippen molar-refractivity contribution in [3.8, 4) is 0 Å². The Morgan fingerprint density at radius 1 is 0.841 bits per heavy atom. The largest absolute Gasteiger partial charge is 0.354 e. The molecule has 1 N–H and O–H groups in total. The molecule has 2 amide bonds. The van der Waals surface area contributed by atoms with Crippen LogP contribution in [0, 0.1) is 13.8 Å². The number of hydrogen-bond donors (Lipinski definition) is 1. The van der Waals surface area contributed by atoms with Crippen LogP contribution in [0.15, 0.2) is 112 Å². The molecule has 0 heterocycles. The van der Waals surface area contributed by atoms with Crippen LogP contribution in [0.5, 0.6) is 0 Å². The molecule has 7 nitrogen and oxygen atoms in total. The number of nitrogens with one attached hydrogen (secondary N) is 1. The van der Waals surface area contributed by atoms with Crippen molar-refractivity contribution in [2.75, 3.05) is 17.4 Å². The Hall–Kier alpha value is -3.95. The van der Waals surface area contributed by atoms with Crippen LogP contribution in [-0.2, 0) is 32.6 Å². The monoisotopic (exact) mass is 675 g/mol.